The van der Waals surface area contributed by atoms with Gasteiger partial charge in [-0.3, -0.25) is 19.2 Å². The quantitative estimate of drug-likeness (QED) is 0.0327. The van der Waals surface area contributed by atoms with Gasteiger partial charge < -0.3 is 19.7 Å². The monoisotopic (exact) mass is 700 g/mol. The molecule has 2 N–H and O–H groups in total. The Morgan fingerprint density at radius 1 is 0.600 bits per heavy atom. The van der Waals surface area contributed by atoms with Crippen molar-refractivity contribution in [3.63, 3.8) is 0 Å². The summed E-state index contributed by atoms with van der Waals surface area (Å²) in [6.45, 7) is 7.90. The molecule has 0 aromatic carbocycles. The van der Waals surface area contributed by atoms with Crippen LogP contribution in [0.1, 0.15) is 163 Å². The third-order valence-corrected chi connectivity index (χ3v) is 9.12. The largest absolute Gasteiger partial charge is 0.481 e. The molecule has 0 aromatic heterocycles. The van der Waals surface area contributed by atoms with E-state index in [0.717, 1.165) is 19.3 Å². The van der Waals surface area contributed by atoms with E-state index in [9.17, 15) is 19.2 Å². The molecule has 4 unspecified atom stereocenters. The van der Waals surface area contributed by atoms with Crippen LogP contribution in [-0.4, -0.2) is 58.1 Å². The third kappa shape index (κ3) is 25.2. The van der Waals surface area contributed by atoms with E-state index in [4.69, 9.17) is 19.7 Å². The number of ketones is 2. The lowest BCUT2D eigenvalue weighted by Gasteiger charge is -2.17. The van der Waals surface area contributed by atoms with Crippen LogP contribution in [0.2, 0.25) is 0 Å². The maximum absolute atomic E-state index is 11.8. The van der Waals surface area contributed by atoms with E-state index < -0.39 is 17.4 Å². The maximum atomic E-state index is 11.8. The first kappa shape index (κ1) is 45.2. The second-order valence-electron chi connectivity index (χ2n) is 14.4. The minimum atomic E-state index is -0.784. The number of hydrogen-bond donors (Lipinski definition) is 2. The van der Waals surface area contributed by atoms with Crippen molar-refractivity contribution >= 4 is 23.5 Å². The van der Waals surface area contributed by atoms with Gasteiger partial charge in [-0.2, -0.15) is 0 Å². The molecule has 0 bridgehead atoms. The zero-order chi connectivity index (χ0) is 37.0. The van der Waals surface area contributed by atoms with Gasteiger partial charge in [-0.05, 0) is 89.5 Å². The summed E-state index contributed by atoms with van der Waals surface area (Å²) in [5, 5.41) is 17.7. The number of epoxide rings is 2. The first-order chi connectivity index (χ1) is 24.0. The number of carbonyl (C=O) groups is 4. The van der Waals surface area contributed by atoms with Crippen LogP contribution in [0.25, 0.3) is 0 Å². The van der Waals surface area contributed by atoms with Crippen molar-refractivity contribution in [1.29, 1.82) is 0 Å². The molecule has 0 aliphatic carbocycles. The number of carboxylic acid groups (broad SMARTS) is 2. The zero-order valence-electron chi connectivity index (χ0n) is 31.6. The summed E-state index contributed by atoms with van der Waals surface area (Å²) in [5.41, 5.74) is -0.725. The molecule has 0 spiro atoms. The lowest BCUT2D eigenvalue weighted by Crippen LogP contribution is -2.24. The van der Waals surface area contributed by atoms with Crippen molar-refractivity contribution < 1.29 is 38.9 Å². The highest BCUT2D eigenvalue weighted by Gasteiger charge is 2.39. The first-order valence-corrected chi connectivity index (χ1v) is 19.5. The van der Waals surface area contributed by atoms with Gasteiger partial charge in [-0.25, -0.2) is 0 Å². The van der Waals surface area contributed by atoms with Crippen LogP contribution in [-0.2, 0) is 28.7 Å². The lowest BCUT2D eigenvalue weighted by molar-refractivity contribution is -0.147. The average molecular weight is 701 g/mol. The second kappa shape index (κ2) is 27.8. The number of hydrogen-bond acceptors (Lipinski definition) is 6. The number of unbranched alkanes of at least 4 members (excludes halogenated alkanes) is 12. The van der Waals surface area contributed by atoms with Gasteiger partial charge in [-0.15, -0.1) is 0 Å². The van der Waals surface area contributed by atoms with E-state index in [-0.39, 0.29) is 42.4 Å². The molecule has 2 aliphatic rings. The molecule has 2 fully saturated rings. The van der Waals surface area contributed by atoms with E-state index >= 15 is 0 Å². The third-order valence-electron chi connectivity index (χ3n) is 9.12. The molecule has 284 valence electrons. The Hall–Kier alpha value is -2.84. The highest BCUT2D eigenvalue weighted by atomic mass is 16.6. The Labute approximate surface area is 302 Å². The van der Waals surface area contributed by atoms with Crippen molar-refractivity contribution in [3.05, 3.63) is 48.6 Å². The van der Waals surface area contributed by atoms with Crippen LogP contribution >= 0.6 is 0 Å². The van der Waals surface area contributed by atoms with Crippen LogP contribution in [0.4, 0.5) is 0 Å². The van der Waals surface area contributed by atoms with Gasteiger partial charge in [0.15, 0.2) is 11.6 Å². The number of aliphatic carboxylic acids is 2. The molecular formula is C42H68O8. The zero-order valence-corrected chi connectivity index (χ0v) is 31.6. The normalized spacial score (nSPS) is 20.1. The molecule has 0 aromatic rings. The second-order valence-corrected chi connectivity index (χ2v) is 14.4. The van der Waals surface area contributed by atoms with Gasteiger partial charge in [0.2, 0.25) is 0 Å². The van der Waals surface area contributed by atoms with Crippen molar-refractivity contribution in [2.24, 2.45) is 5.41 Å². The SMILES string of the molecule is CCCCCCCC/C=C\CC(=O)/C=C/C1OC1CCC(C)(C)C(=O)O.CCCCCCCC/C=C\CC(=O)/C=C/C1OC1CCCC(=O)O. The Morgan fingerprint density at radius 3 is 1.48 bits per heavy atom. The molecule has 2 aliphatic heterocycles. The minimum Gasteiger partial charge on any atom is -0.481 e. The van der Waals surface area contributed by atoms with Gasteiger partial charge in [0.05, 0.1) is 17.6 Å². The summed E-state index contributed by atoms with van der Waals surface area (Å²) in [7, 11) is 0. The molecule has 2 saturated heterocycles. The summed E-state index contributed by atoms with van der Waals surface area (Å²) in [5.74, 6) is -1.38. The van der Waals surface area contributed by atoms with Crippen LogP contribution in [0.3, 0.4) is 0 Å². The van der Waals surface area contributed by atoms with Crippen LogP contribution in [0.5, 0.6) is 0 Å². The summed E-state index contributed by atoms with van der Waals surface area (Å²) >= 11 is 0. The van der Waals surface area contributed by atoms with E-state index in [1.54, 1.807) is 32.1 Å². The highest BCUT2D eigenvalue weighted by Crippen LogP contribution is 2.33. The molecule has 4 atom stereocenters. The molecule has 2 heterocycles. The topological polar surface area (TPSA) is 134 Å². The summed E-state index contributed by atoms with van der Waals surface area (Å²) in [4.78, 5) is 45.0. The summed E-state index contributed by atoms with van der Waals surface area (Å²) in [6, 6.07) is 0. The fraction of sp³-hybridized carbons (Fsp3) is 0.714. The van der Waals surface area contributed by atoms with E-state index in [1.807, 2.05) is 18.2 Å². The molecule has 2 rings (SSSR count). The fourth-order valence-electron chi connectivity index (χ4n) is 5.44. The predicted molar refractivity (Wildman–Crippen MR) is 201 cm³/mol. The molecular weight excluding hydrogens is 632 g/mol. The van der Waals surface area contributed by atoms with Gasteiger partial charge >= 0.3 is 11.9 Å². The van der Waals surface area contributed by atoms with Gasteiger partial charge in [0.25, 0.3) is 0 Å². The molecule has 8 heteroatoms. The number of rotatable bonds is 30. The number of carbonyl (C=O) groups excluding carboxylic acids is 2. The fourth-order valence-corrected chi connectivity index (χ4v) is 5.44. The van der Waals surface area contributed by atoms with Crippen molar-refractivity contribution in [2.75, 3.05) is 0 Å². The van der Waals surface area contributed by atoms with Crippen LogP contribution in [0.15, 0.2) is 48.6 Å². The average Bonchev–Trinajstić information content (AvgIpc) is 4.01. The van der Waals surface area contributed by atoms with Crippen LogP contribution < -0.4 is 0 Å². The lowest BCUT2D eigenvalue weighted by atomic mass is 9.87. The maximum Gasteiger partial charge on any atom is 0.309 e. The highest BCUT2D eigenvalue weighted by molar-refractivity contribution is 5.91. The summed E-state index contributed by atoms with van der Waals surface area (Å²) in [6.07, 6.45) is 36.4. The molecule has 0 radical (unpaired) electrons. The van der Waals surface area contributed by atoms with E-state index in [0.29, 0.717) is 32.1 Å². The first-order valence-electron chi connectivity index (χ1n) is 19.5. The van der Waals surface area contributed by atoms with E-state index in [2.05, 4.69) is 26.0 Å². The molecule has 50 heavy (non-hydrogen) atoms. The Kier molecular flexibility index (Phi) is 25.1. The molecule has 8 nitrogen and oxygen atoms in total. The van der Waals surface area contributed by atoms with Gasteiger partial charge in [-0.1, -0.05) is 102 Å². The smallest absolute Gasteiger partial charge is 0.309 e. The van der Waals surface area contributed by atoms with Gasteiger partial charge in [0, 0.05) is 19.3 Å². The van der Waals surface area contributed by atoms with Gasteiger partial charge in [0.1, 0.15) is 12.2 Å². The molecule has 0 saturated carbocycles. The standard InChI is InChI=1S/C22H36O4.C20H32O4/c1-4-5-6-7-8-9-10-11-12-13-18(23)14-15-19-20(26-19)16-17-22(2,3)21(24)25;1-2-3-4-5-6-7-8-9-10-12-17(21)15-16-19-18(24-19)13-11-14-20(22)23/h11-12,14-15,19-20H,4-10,13,16-17H2,1-3H3,(H,24,25);9-10,15-16,18-19H,2-8,11-14H2,1H3,(H,22,23)/b12-11-,15-14+;10-9-,16-15+. The Morgan fingerprint density at radius 2 is 1.04 bits per heavy atom. The number of allylic oxidation sites excluding steroid dienone is 6. The van der Waals surface area contributed by atoms with E-state index in [1.165, 1.54) is 77.0 Å². The number of ether oxygens (including phenoxy) is 2. The Bertz CT molecular complexity index is 1090. The van der Waals surface area contributed by atoms with Crippen molar-refractivity contribution in [3.8, 4) is 0 Å². The number of carboxylic acids is 2. The van der Waals surface area contributed by atoms with Crippen LogP contribution in [0, 0.1) is 5.41 Å². The molecule has 0 amide bonds. The summed E-state index contributed by atoms with van der Waals surface area (Å²) < 4.78 is 10.9. The van der Waals surface area contributed by atoms with Crippen molar-refractivity contribution in [1.82, 2.24) is 0 Å². The minimum absolute atomic E-state index is 0.00477. The Balaban J connectivity index is 0.000000502. The van der Waals surface area contributed by atoms with Crippen molar-refractivity contribution in [2.45, 2.75) is 187 Å². The predicted octanol–water partition coefficient (Wildman–Crippen LogP) is 10.3.